The lowest BCUT2D eigenvalue weighted by atomic mass is 10.1. The highest BCUT2D eigenvalue weighted by molar-refractivity contribution is 5.99. The summed E-state index contributed by atoms with van der Waals surface area (Å²) in [7, 11) is 0. The smallest absolute Gasteiger partial charge is 0.341 e. The Hall–Kier alpha value is -3.95. The van der Waals surface area contributed by atoms with Crippen molar-refractivity contribution < 1.29 is 19.5 Å². The fraction of sp³-hybridized carbons (Fsp3) is 0.167. The SMILES string of the molecule is CC(=O)NC(C)C(=O)Nc1ccc2c(=O)c(C(=O)O)c[nH]c2c1.c1c[nH]cn1. The minimum atomic E-state index is -1.31. The van der Waals surface area contributed by atoms with Gasteiger partial charge in [-0.2, -0.15) is 0 Å². The third kappa shape index (κ3) is 5.27. The summed E-state index contributed by atoms with van der Waals surface area (Å²) < 4.78 is 0. The Morgan fingerprint density at radius 1 is 1.25 bits per heavy atom. The number of carboxylic acid groups (broad SMARTS) is 1. The summed E-state index contributed by atoms with van der Waals surface area (Å²) in [5.41, 5.74) is -0.146. The molecule has 2 amide bonds. The predicted molar refractivity (Wildman–Crippen MR) is 102 cm³/mol. The van der Waals surface area contributed by atoms with Gasteiger partial charge in [-0.05, 0) is 25.1 Å². The molecule has 0 aliphatic heterocycles. The predicted octanol–water partition coefficient (Wildman–Crippen LogP) is 1.10. The number of anilines is 1. The number of imidazole rings is 1. The van der Waals surface area contributed by atoms with Gasteiger partial charge in [-0.25, -0.2) is 9.78 Å². The Labute approximate surface area is 159 Å². The van der Waals surface area contributed by atoms with Crippen LogP contribution in [0.25, 0.3) is 10.9 Å². The first-order valence-electron chi connectivity index (χ1n) is 8.19. The molecule has 0 fully saturated rings. The lowest BCUT2D eigenvalue weighted by Gasteiger charge is -2.13. The molecule has 28 heavy (non-hydrogen) atoms. The van der Waals surface area contributed by atoms with Gasteiger partial charge in [-0.3, -0.25) is 14.4 Å². The van der Waals surface area contributed by atoms with Crippen molar-refractivity contribution in [3.05, 3.63) is 58.9 Å². The van der Waals surface area contributed by atoms with Crippen LogP contribution in [0.15, 0.2) is 47.9 Å². The van der Waals surface area contributed by atoms with Crippen molar-refractivity contribution in [1.82, 2.24) is 20.3 Å². The molecule has 1 aromatic carbocycles. The van der Waals surface area contributed by atoms with Gasteiger partial charge < -0.3 is 25.7 Å². The highest BCUT2D eigenvalue weighted by atomic mass is 16.4. The molecule has 3 rings (SSSR count). The minimum Gasteiger partial charge on any atom is -0.477 e. The van der Waals surface area contributed by atoms with Crippen molar-refractivity contribution in [3.8, 4) is 0 Å². The Bertz CT molecular complexity index is 1020. The number of carbonyl (C=O) groups is 3. The molecule has 0 saturated carbocycles. The fourth-order valence-electron chi connectivity index (χ4n) is 2.29. The maximum atomic E-state index is 12.0. The first kappa shape index (κ1) is 20.4. The number of aromatic amines is 2. The van der Waals surface area contributed by atoms with Crippen LogP contribution in [0.1, 0.15) is 24.2 Å². The van der Waals surface area contributed by atoms with Crippen LogP contribution in [0.2, 0.25) is 0 Å². The highest BCUT2D eigenvalue weighted by Crippen LogP contribution is 2.15. The number of H-pyrrole nitrogens is 2. The third-order valence-corrected chi connectivity index (χ3v) is 3.60. The molecule has 1 unspecified atom stereocenters. The first-order chi connectivity index (χ1) is 13.3. The number of carbonyl (C=O) groups excluding carboxylic acids is 2. The van der Waals surface area contributed by atoms with E-state index in [2.05, 4.69) is 25.6 Å². The maximum Gasteiger partial charge on any atom is 0.341 e. The van der Waals surface area contributed by atoms with Crippen molar-refractivity contribution in [2.75, 3.05) is 5.32 Å². The van der Waals surface area contributed by atoms with Crippen LogP contribution in [0, 0.1) is 0 Å². The van der Waals surface area contributed by atoms with Gasteiger partial charge in [0.2, 0.25) is 17.2 Å². The number of fused-ring (bicyclic) bond motifs is 1. The van der Waals surface area contributed by atoms with Crippen molar-refractivity contribution in [2.24, 2.45) is 0 Å². The Balaban J connectivity index is 0.000000485. The third-order valence-electron chi connectivity index (χ3n) is 3.60. The number of nitrogens with zero attached hydrogens (tertiary/aromatic N) is 1. The summed E-state index contributed by atoms with van der Waals surface area (Å²) in [4.78, 5) is 54.9. The Morgan fingerprint density at radius 3 is 2.54 bits per heavy atom. The second kappa shape index (κ2) is 9.12. The van der Waals surface area contributed by atoms with Crippen LogP contribution in [0.4, 0.5) is 5.69 Å². The largest absolute Gasteiger partial charge is 0.477 e. The van der Waals surface area contributed by atoms with Crippen molar-refractivity contribution in [1.29, 1.82) is 0 Å². The minimum absolute atomic E-state index is 0.206. The Morgan fingerprint density at radius 2 is 2.00 bits per heavy atom. The number of rotatable bonds is 4. The van der Waals surface area contributed by atoms with Crippen LogP contribution in [-0.2, 0) is 9.59 Å². The van der Waals surface area contributed by atoms with Gasteiger partial charge in [-0.1, -0.05) is 0 Å². The van der Waals surface area contributed by atoms with Crippen LogP contribution < -0.4 is 16.1 Å². The van der Waals surface area contributed by atoms with Gasteiger partial charge in [0.15, 0.2) is 0 Å². The van der Waals surface area contributed by atoms with E-state index in [0.29, 0.717) is 11.2 Å². The number of amides is 2. The summed E-state index contributed by atoms with van der Waals surface area (Å²) in [5, 5.41) is 14.2. The summed E-state index contributed by atoms with van der Waals surface area (Å²) >= 11 is 0. The standard InChI is InChI=1S/C15H15N3O5.C3H4N2/c1-7(17-8(2)19)14(21)18-9-3-4-10-12(5-9)16-6-11(13(10)20)15(22)23;1-2-5-3-4-1/h3-7H,1-2H3,(H,16,20)(H,17,19)(H,18,21)(H,22,23);1-3H,(H,4,5). The molecule has 0 bridgehead atoms. The fourth-order valence-corrected chi connectivity index (χ4v) is 2.29. The number of aromatic carboxylic acids is 1. The van der Waals surface area contributed by atoms with E-state index in [-0.39, 0.29) is 16.9 Å². The molecule has 0 aliphatic carbocycles. The number of benzene rings is 1. The highest BCUT2D eigenvalue weighted by Gasteiger charge is 2.15. The van der Waals surface area contributed by atoms with E-state index in [0.717, 1.165) is 6.20 Å². The molecule has 10 nitrogen and oxygen atoms in total. The second-order valence-electron chi connectivity index (χ2n) is 5.77. The van der Waals surface area contributed by atoms with E-state index in [9.17, 15) is 19.2 Å². The Kier molecular flexibility index (Phi) is 6.63. The lowest BCUT2D eigenvalue weighted by Crippen LogP contribution is -2.40. The molecular formula is C18H19N5O5. The molecule has 2 aromatic heterocycles. The monoisotopic (exact) mass is 385 g/mol. The van der Waals surface area contributed by atoms with E-state index in [1.165, 1.54) is 25.1 Å². The second-order valence-corrected chi connectivity index (χ2v) is 5.77. The zero-order valence-corrected chi connectivity index (χ0v) is 15.1. The van der Waals surface area contributed by atoms with Gasteiger partial charge in [0.25, 0.3) is 0 Å². The van der Waals surface area contributed by atoms with Crippen LogP contribution in [0.5, 0.6) is 0 Å². The lowest BCUT2D eigenvalue weighted by molar-refractivity contribution is -0.124. The van der Waals surface area contributed by atoms with Crippen LogP contribution in [0.3, 0.4) is 0 Å². The van der Waals surface area contributed by atoms with Crippen LogP contribution in [-0.4, -0.2) is 43.9 Å². The average molecular weight is 385 g/mol. The number of pyridine rings is 1. The normalized spacial score (nSPS) is 11.1. The molecule has 1 atom stereocenters. The van der Waals surface area contributed by atoms with Crippen molar-refractivity contribution >= 4 is 34.4 Å². The van der Waals surface area contributed by atoms with E-state index in [1.54, 1.807) is 25.6 Å². The number of aromatic nitrogens is 3. The van der Waals surface area contributed by atoms with Gasteiger partial charge in [0, 0.05) is 36.6 Å². The molecule has 0 radical (unpaired) electrons. The zero-order valence-electron chi connectivity index (χ0n) is 15.1. The molecule has 2 heterocycles. The number of nitrogens with one attached hydrogen (secondary N) is 4. The summed E-state index contributed by atoms with van der Waals surface area (Å²) in [6, 6.07) is 3.72. The van der Waals surface area contributed by atoms with E-state index < -0.39 is 23.3 Å². The first-order valence-corrected chi connectivity index (χ1v) is 8.19. The zero-order chi connectivity index (χ0) is 20.7. The topological polar surface area (TPSA) is 157 Å². The van der Waals surface area contributed by atoms with E-state index >= 15 is 0 Å². The molecule has 0 spiro atoms. The average Bonchev–Trinajstić information content (AvgIpc) is 3.21. The molecule has 10 heteroatoms. The maximum absolute atomic E-state index is 12.0. The van der Waals surface area contributed by atoms with Crippen LogP contribution >= 0.6 is 0 Å². The van der Waals surface area contributed by atoms with Gasteiger partial charge in [0.05, 0.1) is 11.8 Å². The molecular weight excluding hydrogens is 366 g/mol. The molecule has 5 N–H and O–H groups in total. The molecule has 0 aliphatic rings. The van der Waals surface area contributed by atoms with E-state index in [1.807, 2.05) is 0 Å². The van der Waals surface area contributed by atoms with Crippen molar-refractivity contribution in [3.63, 3.8) is 0 Å². The molecule has 146 valence electrons. The van der Waals surface area contributed by atoms with E-state index in [4.69, 9.17) is 5.11 Å². The van der Waals surface area contributed by atoms with Gasteiger partial charge >= 0.3 is 5.97 Å². The molecule has 0 saturated heterocycles. The quantitative estimate of drug-likeness (QED) is 0.452. The number of carboxylic acids is 1. The summed E-state index contributed by atoms with van der Waals surface area (Å²) in [6.45, 7) is 2.85. The molecule has 3 aromatic rings. The number of hydrogen-bond donors (Lipinski definition) is 5. The van der Waals surface area contributed by atoms with Gasteiger partial charge in [0.1, 0.15) is 11.6 Å². The summed E-state index contributed by atoms with van der Waals surface area (Å²) in [6.07, 6.45) is 6.19. The van der Waals surface area contributed by atoms with Crippen molar-refractivity contribution in [2.45, 2.75) is 19.9 Å². The number of hydrogen-bond acceptors (Lipinski definition) is 5. The summed E-state index contributed by atoms with van der Waals surface area (Å²) in [5.74, 6) is -2.05. The van der Waals surface area contributed by atoms with Gasteiger partial charge in [-0.15, -0.1) is 0 Å².